The molecule has 1 atom stereocenters. The van der Waals surface area contributed by atoms with Crippen molar-refractivity contribution in [2.24, 2.45) is 0 Å². The van der Waals surface area contributed by atoms with Crippen molar-refractivity contribution in [3.8, 4) is 5.75 Å². The van der Waals surface area contributed by atoms with Crippen LogP contribution in [0.5, 0.6) is 5.75 Å². The number of aromatic nitrogens is 1. The minimum absolute atomic E-state index is 0.00387. The number of carbonyl (C=O) groups excluding carboxylic acids is 1. The van der Waals surface area contributed by atoms with Gasteiger partial charge in [0.15, 0.2) is 5.13 Å². The lowest BCUT2D eigenvalue weighted by Crippen LogP contribution is -2.37. The highest BCUT2D eigenvalue weighted by molar-refractivity contribution is 9.10. The predicted molar refractivity (Wildman–Crippen MR) is 116 cm³/mol. The molecule has 0 aliphatic carbocycles. The number of fused-ring (bicyclic) bond motifs is 1. The molecule has 2 aromatic carbocycles. The number of benzene rings is 2. The number of hydrogen-bond donors (Lipinski definition) is 0. The number of amides is 1. The number of nitrogens with zero attached hydrogens (tertiary/aromatic N) is 2. The number of carbonyl (C=O) groups is 1. The Hall–Kier alpha value is -1.67. The summed E-state index contributed by atoms with van der Waals surface area (Å²) in [6.07, 6.45) is 1.92. The van der Waals surface area contributed by atoms with Gasteiger partial charge in [0, 0.05) is 11.1 Å². The van der Waals surface area contributed by atoms with Crippen LogP contribution in [0.3, 0.4) is 0 Å². The third kappa shape index (κ3) is 3.76. The van der Waals surface area contributed by atoms with Crippen molar-refractivity contribution in [2.45, 2.75) is 18.9 Å². The van der Waals surface area contributed by atoms with E-state index in [-0.39, 0.29) is 12.0 Å². The van der Waals surface area contributed by atoms with Gasteiger partial charge in [0.2, 0.25) is 0 Å². The van der Waals surface area contributed by atoms with E-state index >= 15 is 0 Å². The zero-order valence-corrected chi connectivity index (χ0v) is 18.3. The molecule has 1 aromatic heterocycles. The summed E-state index contributed by atoms with van der Waals surface area (Å²) in [5.41, 5.74) is 1.24. The molecule has 2 heterocycles. The monoisotopic (exact) mass is 480 g/mol. The first-order valence-electron chi connectivity index (χ1n) is 8.89. The van der Waals surface area contributed by atoms with Gasteiger partial charge >= 0.3 is 0 Å². The Morgan fingerprint density at radius 1 is 1.39 bits per heavy atom. The first-order chi connectivity index (χ1) is 13.6. The number of rotatable bonds is 5. The van der Waals surface area contributed by atoms with Crippen LogP contribution < -0.4 is 9.64 Å². The third-order valence-electron chi connectivity index (χ3n) is 4.66. The lowest BCUT2D eigenvalue weighted by Gasteiger charge is -2.23. The summed E-state index contributed by atoms with van der Waals surface area (Å²) in [5.74, 6) is 0.504. The lowest BCUT2D eigenvalue weighted by atomic mass is 10.2. The summed E-state index contributed by atoms with van der Waals surface area (Å²) in [6.45, 7) is 1.17. The van der Waals surface area contributed by atoms with E-state index in [1.807, 2.05) is 18.2 Å². The summed E-state index contributed by atoms with van der Waals surface area (Å²) in [7, 11) is 1.60. The zero-order chi connectivity index (χ0) is 19.7. The molecule has 8 heteroatoms. The molecule has 1 fully saturated rings. The smallest absolute Gasteiger partial charge is 0.261 e. The molecule has 1 unspecified atom stereocenters. The normalized spacial score (nSPS) is 16.5. The molecule has 28 heavy (non-hydrogen) atoms. The maximum atomic E-state index is 13.4. The van der Waals surface area contributed by atoms with E-state index in [4.69, 9.17) is 26.1 Å². The van der Waals surface area contributed by atoms with Crippen molar-refractivity contribution in [3.63, 3.8) is 0 Å². The average Bonchev–Trinajstić information content (AvgIpc) is 3.36. The van der Waals surface area contributed by atoms with Crippen molar-refractivity contribution >= 4 is 60.1 Å². The van der Waals surface area contributed by atoms with Crippen LogP contribution in [0.2, 0.25) is 5.02 Å². The van der Waals surface area contributed by atoms with Crippen molar-refractivity contribution in [1.82, 2.24) is 4.98 Å². The molecule has 0 bridgehead atoms. The molecule has 4 rings (SSSR count). The van der Waals surface area contributed by atoms with Crippen LogP contribution in [-0.4, -0.2) is 37.3 Å². The second kappa shape index (κ2) is 8.37. The first-order valence-corrected chi connectivity index (χ1v) is 10.9. The predicted octanol–water partition coefficient (Wildman–Crippen LogP) is 5.55. The Kier molecular flexibility index (Phi) is 5.87. The number of ether oxygens (including phenoxy) is 2. The van der Waals surface area contributed by atoms with Crippen LogP contribution in [0.25, 0.3) is 10.2 Å². The van der Waals surface area contributed by atoms with Gasteiger partial charge in [-0.1, -0.05) is 35.1 Å². The standard InChI is InChI=1S/C20H18BrClN2O3S/c1-26-16-9-8-15(22)18-17(16)23-20(28-18)24(11-12-5-4-10-27-12)19(25)13-6-2-3-7-14(13)21/h2-3,6-9,12H,4-5,10-11H2,1H3. The van der Waals surface area contributed by atoms with Gasteiger partial charge in [0.05, 0.1) is 35.0 Å². The molecule has 0 spiro atoms. The Balaban J connectivity index is 1.79. The molecule has 1 aliphatic heterocycles. The fourth-order valence-corrected chi connectivity index (χ4v) is 4.96. The largest absolute Gasteiger partial charge is 0.494 e. The second-order valence-electron chi connectivity index (χ2n) is 6.45. The van der Waals surface area contributed by atoms with Crippen LogP contribution in [-0.2, 0) is 4.74 Å². The number of methoxy groups -OCH3 is 1. The van der Waals surface area contributed by atoms with Gasteiger partial charge in [-0.3, -0.25) is 9.69 Å². The van der Waals surface area contributed by atoms with Crippen LogP contribution in [0.15, 0.2) is 40.9 Å². The van der Waals surface area contributed by atoms with Gasteiger partial charge in [-0.15, -0.1) is 0 Å². The SMILES string of the molecule is COc1ccc(Cl)c2sc(N(CC3CCCO3)C(=O)c3ccccc3Br)nc12. The van der Waals surface area contributed by atoms with E-state index in [9.17, 15) is 4.79 Å². The summed E-state index contributed by atoms with van der Waals surface area (Å²) in [4.78, 5) is 19.8. The first kappa shape index (κ1) is 19.6. The van der Waals surface area contributed by atoms with Gasteiger partial charge < -0.3 is 9.47 Å². The van der Waals surface area contributed by atoms with E-state index in [1.54, 1.807) is 30.2 Å². The van der Waals surface area contributed by atoms with E-state index in [0.717, 1.165) is 28.6 Å². The zero-order valence-electron chi connectivity index (χ0n) is 15.2. The molecule has 0 saturated carbocycles. The topological polar surface area (TPSA) is 51.7 Å². The molecule has 0 radical (unpaired) electrons. The van der Waals surface area contributed by atoms with Gasteiger partial charge in [0.25, 0.3) is 5.91 Å². The molecule has 146 valence electrons. The fraction of sp³-hybridized carbons (Fsp3) is 0.300. The Bertz CT molecular complexity index is 1020. The van der Waals surface area contributed by atoms with Crippen molar-refractivity contribution in [3.05, 3.63) is 51.5 Å². The van der Waals surface area contributed by atoms with Crippen LogP contribution in [0, 0.1) is 0 Å². The highest BCUT2D eigenvalue weighted by Gasteiger charge is 2.28. The molecule has 1 aliphatic rings. The fourth-order valence-electron chi connectivity index (χ4n) is 3.24. The Morgan fingerprint density at radius 2 is 2.21 bits per heavy atom. The van der Waals surface area contributed by atoms with Gasteiger partial charge in [-0.05, 0) is 53.0 Å². The van der Waals surface area contributed by atoms with Crippen LogP contribution in [0.4, 0.5) is 5.13 Å². The molecular weight excluding hydrogens is 464 g/mol. The molecule has 5 nitrogen and oxygen atoms in total. The minimum Gasteiger partial charge on any atom is -0.494 e. The Labute approximate surface area is 180 Å². The number of thiazole rings is 1. The quantitative estimate of drug-likeness (QED) is 0.480. The highest BCUT2D eigenvalue weighted by atomic mass is 79.9. The average molecular weight is 482 g/mol. The maximum Gasteiger partial charge on any atom is 0.261 e. The molecular formula is C20H18BrClN2O3S. The van der Waals surface area contributed by atoms with Gasteiger partial charge in [0.1, 0.15) is 11.3 Å². The lowest BCUT2D eigenvalue weighted by molar-refractivity contribution is 0.0917. The Morgan fingerprint density at radius 3 is 2.93 bits per heavy atom. The van der Waals surface area contributed by atoms with E-state index in [2.05, 4.69) is 15.9 Å². The van der Waals surface area contributed by atoms with E-state index < -0.39 is 0 Å². The van der Waals surface area contributed by atoms with E-state index in [0.29, 0.717) is 33.5 Å². The highest BCUT2D eigenvalue weighted by Crippen LogP contribution is 2.39. The molecule has 3 aromatic rings. The summed E-state index contributed by atoms with van der Waals surface area (Å²) < 4.78 is 12.8. The molecule has 1 saturated heterocycles. The van der Waals surface area contributed by atoms with Crippen molar-refractivity contribution in [2.75, 3.05) is 25.2 Å². The second-order valence-corrected chi connectivity index (χ2v) is 8.69. The van der Waals surface area contributed by atoms with Crippen LogP contribution >= 0.6 is 38.9 Å². The summed E-state index contributed by atoms with van der Waals surface area (Å²) in [5, 5.41) is 1.17. The van der Waals surface area contributed by atoms with Crippen molar-refractivity contribution in [1.29, 1.82) is 0 Å². The molecule has 0 N–H and O–H groups in total. The van der Waals surface area contributed by atoms with Crippen LogP contribution in [0.1, 0.15) is 23.2 Å². The number of halogens is 2. The van der Waals surface area contributed by atoms with E-state index in [1.165, 1.54) is 11.3 Å². The van der Waals surface area contributed by atoms with Gasteiger partial charge in [-0.25, -0.2) is 4.98 Å². The maximum absolute atomic E-state index is 13.4. The minimum atomic E-state index is -0.128. The summed E-state index contributed by atoms with van der Waals surface area (Å²) in [6, 6.07) is 11.0. The number of anilines is 1. The number of hydrogen-bond acceptors (Lipinski definition) is 5. The third-order valence-corrected chi connectivity index (χ3v) is 6.89. The molecule has 1 amide bonds. The summed E-state index contributed by atoms with van der Waals surface area (Å²) >= 11 is 11.2. The van der Waals surface area contributed by atoms with Gasteiger partial charge in [-0.2, -0.15) is 0 Å². The van der Waals surface area contributed by atoms with Crippen molar-refractivity contribution < 1.29 is 14.3 Å².